The summed E-state index contributed by atoms with van der Waals surface area (Å²) in [4.78, 5) is 8.09. The van der Waals surface area contributed by atoms with E-state index in [-0.39, 0.29) is 5.41 Å². The number of hydrogen-bond donors (Lipinski definition) is 1. The maximum atomic E-state index is 5.66. The number of rotatable bonds is 7. The molecule has 0 fully saturated rings. The van der Waals surface area contributed by atoms with Crippen LogP contribution in [0.3, 0.4) is 0 Å². The summed E-state index contributed by atoms with van der Waals surface area (Å²) in [6.07, 6.45) is 4.91. The molecule has 0 saturated heterocycles. The highest BCUT2D eigenvalue weighted by molar-refractivity contribution is 5.14. The minimum atomic E-state index is 0.0340. The Kier molecular flexibility index (Phi) is 5.07. The third-order valence-electron chi connectivity index (χ3n) is 2.93. The van der Waals surface area contributed by atoms with Gasteiger partial charge in [0.05, 0.1) is 12.8 Å². The summed E-state index contributed by atoms with van der Waals surface area (Å²) < 4.78 is 5.66. The summed E-state index contributed by atoms with van der Waals surface area (Å²) >= 11 is 0. The van der Waals surface area contributed by atoms with Crippen LogP contribution >= 0.6 is 0 Å². The Balaban J connectivity index is 1.73. The SMILES string of the molecule is CC(C)(CNCc1ccccc1)COc1cnccn1. The standard InChI is InChI=1S/C16H21N3O/c1-16(2,13-20-15-11-17-8-9-19-15)12-18-10-14-6-4-3-5-7-14/h3-9,11,18H,10,12-13H2,1-2H3. The number of nitrogens with zero attached hydrogens (tertiary/aromatic N) is 2. The summed E-state index contributed by atoms with van der Waals surface area (Å²) in [6.45, 7) is 6.69. The van der Waals surface area contributed by atoms with Gasteiger partial charge in [0.2, 0.25) is 5.88 Å². The lowest BCUT2D eigenvalue weighted by atomic mass is 9.95. The summed E-state index contributed by atoms with van der Waals surface area (Å²) in [5.74, 6) is 0.573. The largest absolute Gasteiger partial charge is 0.476 e. The van der Waals surface area contributed by atoms with Crippen molar-refractivity contribution in [3.8, 4) is 5.88 Å². The molecule has 1 aromatic heterocycles. The van der Waals surface area contributed by atoms with Crippen molar-refractivity contribution in [2.75, 3.05) is 13.2 Å². The van der Waals surface area contributed by atoms with Crippen LogP contribution in [-0.4, -0.2) is 23.1 Å². The fourth-order valence-electron chi connectivity index (χ4n) is 1.82. The molecule has 0 aliphatic rings. The summed E-state index contributed by atoms with van der Waals surface area (Å²) in [7, 11) is 0. The number of nitrogens with one attached hydrogen (secondary N) is 1. The molecule has 0 spiro atoms. The molecule has 0 radical (unpaired) electrons. The maximum absolute atomic E-state index is 5.66. The van der Waals surface area contributed by atoms with E-state index in [0.717, 1.165) is 13.1 Å². The molecule has 1 aromatic carbocycles. The summed E-state index contributed by atoms with van der Waals surface area (Å²) in [5, 5.41) is 3.46. The van der Waals surface area contributed by atoms with E-state index in [1.54, 1.807) is 18.6 Å². The van der Waals surface area contributed by atoms with E-state index in [9.17, 15) is 0 Å². The first kappa shape index (κ1) is 14.5. The van der Waals surface area contributed by atoms with Crippen LogP contribution in [0.4, 0.5) is 0 Å². The molecule has 0 aliphatic heterocycles. The first-order chi connectivity index (χ1) is 9.66. The maximum Gasteiger partial charge on any atom is 0.232 e. The van der Waals surface area contributed by atoms with Gasteiger partial charge in [0, 0.05) is 30.9 Å². The van der Waals surface area contributed by atoms with E-state index >= 15 is 0 Å². The fraction of sp³-hybridized carbons (Fsp3) is 0.375. The van der Waals surface area contributed by atoms with Gasteiger partial charge in [0.1, 0.15) is 0 Å². The topological polar surface area (TPSA) is 47.0 Å². The smallest absolute Gasteiger partial charge is 0.232 e. The van der Waals surface area contributed by atoms with E-state index in [2.05, 4.69) is 53.4 Å². The zero-order valence-corrected chi connectivity index (χ0v) is 12.0. The highest BCUT2D eigenvalue weighted by Crippen LogP contribution is 2.16. The van der Waals surface area contributed by atoms with Crippen molar-refractivity contribution < 1.29 is 4.74 Å². The second-order valence-corrected chi connectivity index (χ2v) is 5.59. The lowest BCUT2D eigenvalue weighted by Crippen LogP contribution is -2.34. The van der Waals surface area contributed by atoms with E-state index in [4.69, 9.17) is 4.74 Å². The van der Waals surface area contributed by atoms with E-state index in [0.29, 0.717) is 12.5 Å². The molecule has 0 saturated carbocycles. The molecule has 0 unspecified atom stereocenters. The molecule has 20 heavy (non-hydrogen) atoms. The predicted molar refractivity (Wildman–Crippen MR) is 79.5 cm³/mol. The van der Waals surface area contributed by atoms with E-state index in [1.807, 2.05) is 6.07 Å². The summed E-state index contributed by atoms with van der Waals surface area (Å²) in [5.41, 5.74) is 1.32. The molecule has 4 nitrogen and oxygen atoms in total. The van der Waals surface area contributed by atoms with Gasteiger partial charge in [-0.05, 0) is 5.56 Å². The zero-order chi connectivity index (χ0) is 14.3. The number of aromatic nitrogens is 2. The van der Waals surface area contributed by atoms with Gasteiger partial charge < -0.3 is 10.1 Å². The van der Waals surface area contributed by atoms with E-state index < -0.39 is 0 Å². The lowest BCUT2D eigenvalue weighted by Gasteiger charge is -2.24. The van der Waals surface area contributed by atoms with Gasteiger partial charge in [-0.25, -0.2) is 4.98 Å². The van der Waals surface area contributed by atoms with Gasteiger partial charge >= 0.3 is 0 Å². The molecule has 0 aliphatic carbocycles. The minimum absolute atomic E-state index is 0.0340. The molecule has 4 heteroatoms. The Bertz CT molecular complexity index is 500. The third-order valence-corrected chi connectivity index (χ3v) is 2.93. The van der Waals surface area contributed by atoms with Gasteiger partial charge in [-0.1, -0.05) is 44.2 Å². The van der Waals surface area contributed by atoms with Gasteiger partial charge in [0.25, 0.3) is 0 Å². The lowest BCUT2D eigenvalue weighted by molar-refractivity contribution is 0.170. The van der Waals surface area contributed by atoms with E-state index in [1.165, 1.54) is 5.56 Å². The molecule has 106 valence electrons. The van der Waals surface area contributed by atoms with Crippen molar-refractivity contribution >= 4 is 0 Å². The number of hydrogen-bond acceptors (Lipinski definition) is 4. The molecular formula is C16H21N3O. The monoisotopic (exact) mass is 271 g/mol. The van der Waals surface area contributed by atoms with Crippen molar-refractivity contribution in [3.05, 3.63) is 54.5 Å². The van der Waals surface area contributed by atoms with Crippen molar-refractivity contribution in [1.29, 1.82) is 0 Å². The average molecular weight is 271 g/mol. The van der Waals surface area contributed by atoms with Crippen LogP contribution in [-0.2, 0) is 6.54 Å². The van der Waals surface area contributed by atoms with Crippen LogP contribution in [0.2, 0.25) is 0 Å². The Labute approximate surface area is 120 Å². The van der Waals surface area contributed by atoms with Crippen LogP contribution in [0, 0.1) is 5.41 Å². The molecule has 0 atom stereocenters. The average Bonchev–Trinajstić information content (AvgIpc) is 2.47. The third kappa shape index (κ3) is 4.97. The molecule has 1 N–H and O–H groups in total. The Morgan fingerprint density at radius 3 is 2.65 bits per heavy atom. The zero-order valence-electron chi connectivity index (χ0n) is 12.0. The van der Waals surface area contributed by atoms with Gasteiger partial charge in [0.15, 0.2) is 0 Å². The van der Waals surface area contributed by atoms with Crippen LogP contribution in [0.1, 0.15) is 19.4 Å². The van der Waals surface area contributed by atoms with Crippen molar-refractivity contribution in [2.24, 2.45) is 5.41 Å². The molecule has 0 amide bonds. The van der Waals surface area contributed by atoms with Crippen molar-refractivity contribution in [1.82, 2.24) is 15.3 Å². The predicted octanol–water partition coefficient (Wildman–Crippen LogP) is 2.67. The summed E-state index contributed by atoms with van der Waals surface area (Å²) in [6, 6.07) is 10.4. The first-order valence-corrected chi connectivity index (χ1v) is 6.79. The van der Waals surface area contributed by atoms with Gasteiger partial charge in [-0.15, -0.1) is 0 Å². The Morgan fingerprint density at radius 1 is 1.15 bits per heavy atom. The van der Waals surface area contributed by atoms with Crippen LogP contribution in [0.5, 0.6) is 5.88 Å². The highest BCUT2D eigenvalue weighted by atomic mass is 16.5. The van der Waals surface area contributed by atoms with Gasteiger partial charge in [-0.3, -0.25) is 4.98 Å². The molecular weight excluding hydrogens is 250 g/mol. The normalized spacial score (nSPS) is 11.3. The first-order valence-electron chi connectivity index (χ1n) is 6.79. The second-order valence-electron chi connectivity index (χ2n) is 5.59. The van der Waals surface area contributed by atoms with Crippen LogP contribution < -0.4 is 10.1 Å². The van der Waals surface area contributed by atoms with Crippen molar-refractivity contribution in [3.63, 3.8) is 0 Å². The Hall–Kier alpha value is -1.94. The number of ether oxygens (including phenoxy) is 1. The molecule has 0 bridgehead atoms. The van der Waals surface area contributed by atoms with Crippen LogP contribution in [0.15, 0.2) is 48.9 Å². The van der Waals surface area contributed by atoms with Crippen molar-refractivity contribution in [2.45, 2.75) is 20.4 Å². The quantitative estimate of drug-likeness (QED) is 0.841. The molecule has 2 rings (SSSR count). The molecule has 1 heterocycles. The van der Waals surface area contributed by atoms with Crippen LogP contribution in [0.25, 0.3) is 0 Å². The van der Waals surface area contributed by atoms with Gasteiger partial charge in [-0.2, -0.15) is 0 Å². The Morgan fingerprint density at radius 2 is 1.95 bits per heavy atom. The highest BCUT2D eigenvalue weighted by Gasteiger charge is 2.18. The molecule has 2 aromatic rings. The second kappa shape index (κ2) is 7.01. The number of benzene rings is 1. The fourth-order valence-corrected chi connectivity index (χ4v) is 1.82. The minimum Gasteiger partial charge on any atom is -0.476 e.